The normalized spacial score (nSPS) is 17.3. The second kappa shape index (κ2) is 6.60. The summed E-state index contributed by atoms with van der Waals surface area (Å²) in [5, 5.41) is 4.96. The molecule has 1 N–H and O–H groups in total. The van der Waals surface area contributed by atoms with Crippen molar-refractivity contribution >= 4 is 23.2 Å². The van der Waals surface area contributed by atoms with E-state index >= 15 is 0 Å². The summed E-state index contributed by atoms with van der Waals surface area (Å²) in [6, 6.07) is 5.69. The number of aryl methyl sites for hydroxylation is 1. The first kappa shape index (κ1) is 13.2. The van der Waals surface area contributed by atoms with E-state index < -0.39 is 0 Å². The fourth-order valence-electron chi connectivity index (χ4n) is 2.16. The molecule has 0 saturated carbocycles. The Morgan fingerprint density at radius 1 is 1.18 bits per heavy atom. The van der Waals surface area contributed by atoms with Crippen molar-refractivity contribution in [2.24, 2.45) is 0 Å². The van der Waals surface area contributed by atoms with E-state index in [4.69, 9.17) is 23.2 Å². The molecule has 94 valence electrons. The minimum absolute atomic E-state index is 0.770. The van der Waals surface area contributed by atoms with Crippen LogP contribution in [0.4, 0.5) is 0 Å². The van der Waals surface area contributed by atoms with Crippen molar-refractivity contribution in [3.63, 3.8) is 0 Å². The Labute approximate surface area is 113 Å². The largest absolute Gasteiger partial charge is 0.314 e. The first-order valence-corrected chi connectivity index (χ1v) is 6.88. The van der Waals surface area contributed by atoms with Gasteiger partial charge in [-0.25, -0.2) is 0 Å². The van der Waals surface area contributed by atoms with Gasteiger partial charge < -0.3 is 10.2 Å². The minimum Gasteiger partial charge on any atom is -0.314 e. The van der Waals surface area contributed by atoms with Gasteiger partial charge in [-0.3, -0.25) is 0 Å². The van der Waals surface area contributed by atoms with Crippen LogP contribution in [-0.4, -0.2) is 37.6 Å². The quantitative estimate of drug-likeness (QED) is 0.907. The highest BCUT2D eigenvalue weighted by molar-refractivity contribution is 6.33. The van der Waals surface area contributed by atoms with E-state index in [0.717, 1.165) is 61.2 Å². The molecular weight excluding hydrogens is 255 g/mol. The molecule has 0 radical (unpaired) electrons. The Morgan fingerprint density at radius 2 is 1.94 bits per heavy atom. The van der Waals surface area contributed by atoms with Gasteiger partial charge in [0.05, 0.1) is 0 Å². The molecule has 1 aliphatic heterocycles. The molecule has 0 amide bonds. The first-order chi connectivity index (χ1) is 8.25. The summed E-state index contributed by atoms with van der Waals surface area (Å²) in [5.74, 6) is 0. The van der Waals surface area contributed by atoms with Crippen LogP contribution in [0, 0.1) is 0 Å². The molecule has 0 aliphatic carbocycles. The van der Waals surface area contributed by atoms with Crippen LogP contribution in [0.15, 0.2) is 18.2 Å². The van der Waals surface area contributed by atoms with Crippen LogP contribution in [0.25, 0.3) is 0 Å². The van der Waals surface area contributed by atoms with Gasteiger partial charge >= 0.3 is 0 Å². The number of benzene rings is 1. The van der Waals surface area contributed by atoms with Gasteiger partial charge in [0.15, 0.2) is 0 Å². The predicted octanol–water partition coefficient (Wildman–Crippen LogP) is 2.83. The van der Waals surface area contributed by atoms with Crippen molar-refractivity contribution < 1.29 is 0 Å². The summed E-state index contributed by atoms with van der Waals surface area (Å²) < 4.78 is 0. The van der Waals surface area contributed by atoms with Gasteiger partial charge in [-0.1, -0.05) is 23.2 Å². The molecule has 2 rings (SSSR count). The van der Waals surface area contributed by atoms with Crippen LogP contribution >= 0.6 is 23.2 Å². The number of piperazine rings is 1. The van der Waals surface area contributed by atoms with Crippen LogP contribution in [0.5, 0.6) is 0 Å². The van der Waals surface area contributed by atoms with Crippen LogP contribution in [-0.2, 0) is 6.42 Å². The van der Waals surface area contributed by atoms with Gasteiger partial charge in [-0.2, -0.15) is 0 Å². The number of halogens is 2. The lowest BCUT2D eigenvalue weighted by Gasteiger charge is -2.27. The second-order valence-electron chi connectivity index (χ2n) is 4.43. The Balaban J connectivity index is 1.79. The molecule has 0 aromatic heterocycles. The van der Waals surface area contributed by atoms with Crippen molar-refractivity contribution in [3.8, 4) is 0 Å². The lowest BCUT2D eigenvalue weighted by molar-refractivity contribution is 0.238. The van der Waals surface area contributed by atoms with E-state index in [1.165, 1.54) is 0 Å². The van der Waals surface area contributed by atoms with Gasteiger partial charge in [-0.15, -0.1) is 0 Å². The molecule has 0 atom stereocenters. The first-order valence-electron chi connectivity index (χ1n) is 6.13. The van der Waals surface area contributed by atoms with Crippen molar-refractivity contribution in [1.29, 1.82) is 0 Å². The van der Waals surface area contributed by atoms with E-state index in [9.17, 15) is 0 Å². The standard InChI is InChI=1S/C13H18Cl2N2/c14-12-3-4-13(15)11(10-12)2-1-7-17-8-5-16-6-9-17/h3-4,10,16H,1-2,5-9H2. The molecule has 17 heavy (non-hydrogen) atoms. The lowest BCUT2D eigenvalue weighted by atomic mass is 10.1. The summed E-state index contributed by atoms with van der Waals surface area (Å²) in [4.78, 5) is 2.49. The third-order valence-electron chi connectivity index (χ3n) is 3.14. The van der Waals surface area contributed by atoms with Crippen LogP contribution < -0.4 is 5.32 Å². The molecule has 1 saturated heterocycles. The van der Waals surface area contributed by atoms with Crippen LogP contribution in [0.1, 0.15) is 12.0 Å². The van der Waals surface area contributed by atoms with Crippen molar-refractivity contribution in [3.05, 3.63) is 33.8 Å². The van der Waals surface area contributed by atoms with Gasteiger partial charge in [0.25, 0.3) is 0 Å². The molecule has 1 heterocycles. The fourth-order valence-corrected chi connectivity index (χ4v) is 2.57. The summed E-state index contributed by atoms with van der Waals surface area (Å²) >= 11 is 12.1. The predicted molar refractivity (Wildman–Crippen MR) is 74.1 cm³/mol. The highest BCUT2D eigenvalue weighted by Crippen LogP contribution is 2.21. The monoisotopic (exact) mass is 272 g/mol. The summed E-state index contributed by atoms with van der Waals surface area (Å²) in [6.45, 7) is 5.67. The third-order valence-corrected chi connectivity index (χ3v) is 3.74. The molecule has 2 nitrogen and oxygen atoms in total. The van der Waals surface area contributed by atoms with Gasteiger partial charge in [0, 0.05) is 36.2 Å². The molecule has 4 heteroatoms. The van der Waals surface area contributed by atoms with E-state index in [2.05, 4.69) is 10.2 Å². The highest BCUT2D eigenvalue weighted by atomic mass is 35.5. The maximum Gasteiger partial charge on any atom is 0.0439 e. The summed E-state index contributed by atoms with van der Waals surface area (Å²) in [7, 11) is 0. The summed E-state index contributed by atoms with van der Waals surface area (Å²) in [5.41, 5.74) is 1.16. The van der Waals surface area contributed by atoms with E-state index in [1.807, 2.05) is 18.2 Å². The zero-order chi connectivity index (χ0) is 12.1. The summed E-state index contributed by atoms with van der Waals surface area (Å²) in [6.07, 6.45) is 2.14. The average Bonchev–Trinajstić information content (AvgIpc) is 2.35. The van der Waals surface area contributed by atoms with E-state index in [-0.39, 0.29) is 0 Å². The number of hydrogen-bond donors (Lipinski definition) is 1. The topological polar surface area (TPSA) is 15.3 Å². The third kappa shape index (κ3) is 4.14. The Bertz CT molecular complexity index is 362. The zero-order valence-electron chi connectivity index (χ0n) is 9.88. The molecule has 0 bridgehead atoms. The van der Waals surface area contributed by atoms with Gasteiger partial charge in [0.1, 0.15) is 0 Å². The SMILES string of the molecule is Clc1ccc(Cl)c(CCCN2CCNCC2)c1. The average molecular weight is 273 g/mol. The van der Waals surface area contributed by atoms with Crippen molar-refractivity contribution in [2.45, 2.75) is 12.8 Å². The lowest BCUT2D eigenvalue weighted by Crippen LogP contribution is -2.43. The Morgan fingerprint density at radius 3 is 2.71 bits per heavy atom. The fraction of sp³-hybridized carbons (Fsp3) is 0.538. The van der Waals surface area contributed by atoms with Crippen molar-refractivity contribution in [1.82, 2.24) is 10.2 Å². The number of hydrogen-bond acceptors (Lipinski definition) is 2. The van der Waals surface area contributed by atoms with E-state index in [0.29, 0.717) is 0 Å². The van der Waals surface area contributed by atoms with Gasteiger partial charge in [0.2, 0.25) is 0 Å². The Hall–Kier alpha value is -0.280. The Kier molecular flexibility index (Phi) is 5.11. The van der Waals surface area contributed by atoms with Crippen LogP contribution in [0.3, 0.4) is 0 Å². The minimum atomic E-state index is 0.770. The van der Waals surface area contributed by atoms with Crippen LogP contribution in [0.2, 0.25) is 10.0 Å². The van der Waals surface area contributed by atoms with Crippen molar-refractivity contribution in [2.75, 3.05) is 32.7 Å². The molecule has 1 aromatic carbocycles. The molecule has 1 aromatic rings. The molecule has 1 fully saturated rings. The molecular formula is C13H18Cl2N2. The number of nitrogens with one attached hydrogen (secondary N) is 1. The zero-order valence-corrected chi connectivity index (χ0v) is 11.4. The second-order valence-corrected chi connectivity index (χ2v) is 5.27. The van der Waals surface area contributed by atoms with E-state index in [1.54, 1.807) is 0 Å². The highest BCUT2D eigenvalue weighted by Gasteiger charge is 2.09. The molecule has 0 unspecified atom stereocenters. The maximum atomic E-state index is 6.14. The molecule has 0 spiro atoms. The maximum absolute atomic E-state index is 6.14. The smallest absolute Gasteiger partial charge is 0.0439 e. The van der Waals surface area contributed by atoms with Gasteiger partial charge in [-0.05, 0) is 43.1 Å². The number of nitrogens with zero attached hydrogens (tertiary/aromatic N) is 1. The number of rotatable bonds is 4. The molecule has 1 aliphatic rings.